The van der Waals surface area contributed by atoms with E-state index in [9.17, 15) is 0 Å². The highest BCUT2D eigenvalue weighted by Gasteiger charge is 2.62. The molecule has 1 rings (SSSR count). The fourth-order valence-corrected chi connectivity index (χ4v) is 9.68. The van der Waals surface area contributed by atoms with E-state index in [4.69, 9.17) is 22.2 Å². The minimum absolute atomic E-state index is 0.184. The molecule has 1 fully saturated rings. The molecular formula is C12H22Cl2Si. The summed E-state index contributed by atoms with van der Waals surface area (Å²) in [6.45, 7) is 13.2. The standard InChI is InChI=1S/C12H22Cl2Si/c1-9(2)12(6)8-15(13,14)10(12)7-11(3,4)5/h10H,1,7-8H2,2-6H3/t10-,12-/m1/s1. The summed E-state index contributed by atoms with van der Waals surface area (Å²) in [5.41, 5.74) is 2.18. The largest absolute Gasteiger partial charge is 0.256 e. The van der Waals surface area contributed by atoms with Gasteiger partial charge in [0.1, 0.15) is 0 Å². The normalized spacial score (nSPS) is 34.7. The van der Waals surface area contributed by atoms with E-state index in [1.165, 1.54) is 5.57 Å². The Morgan fingerprint density at radius 1 is 1.47 bits per heavy atom. The summed E-state index contributed by atoms with van der Waals surface area (Å²) in [5, 5.41) is 0. The van der Waals surface area contributed by atoms with E-state index in [0.29, 0.717) is 11.0 Å². The summed E-state index contributed by atoms with van der Waals surface area (Å²) in [7, 11) is 0. The molecule has 1 aliphatic rings. The quantitative estimate of drug-likeness (QED) is 0.360. The van der Waals surface area contributed by atoms with Gasteiger partial charge >= 0.3 is 0 Å². The average Bonchev–Trinajstić information content (AvgIpc) is 1.97. The number of hydrogen-bond donors (Lipinski definition) is 0. The minimum atomic E-state index is -2.00. The van der Waals surface area contributed by atoms with E-state index < -0.39 is 6.69 Å². The number of allylic oxidation sites excluding steroid dienone is 1. The summed E-state index contributed by atoms with van der Waals surface area (Å²) in [6.07, 6.45) is 1.11. The van der Waals surface area contributed by atoms with Crippen molar-refractivity contribution in [2.75, 3.05) is 0 Å². The van der Waals surface area contributed by atoms with Crippen LogP contribution in [0.15, 0.2) is 12.2 Å². The Balaban J connectivity index is 2.86. The molecule has 0 spiro atoms. The zero-order valence-corrected chi connectivity index (χ0v) is 13.0. The van der Waals surface area contributed by atoms with Crippen LogP contribution in [0.3, 0.4) is 0 Å². The Morgan fingerprint density at radius 2 is 1.93 bits per heavy atom. The molecule has 0 aromatic carbocycles. The zero-order valence-electron chi connectivity index (χ0n) is 10.5. The summed E-state index contributed by atoms with van der Waals surface area (Å²) < 4.78 is 0. The lowest BCUT2D eigenvalue weighted by Gasteiger charge is -2.56. The average molecular weight is 265 g/mol. The van der Waals surface area contributed by atoms with Crippen molar-refractivity contribution in [3.63, 3.8) is 0 Å². The third kappa shape index (κ3) is 2.62. The van der Waals surface area contributed by atoms with Crippen LogP contribution in [0.25, 0.3) is 0 Å². The molecule has 0 N–H and O–H groups in total. The van der Waals surface area contributed by atoms with Crippen molar-refractivity contribution < 1.29 is 0 Å². The van der Waals surface area contributed by atoms with Crippen molar-refractivity contribution in [3.05, 3.63) is 12.2 Å². The van der Waals surface area contributed by atoms with Gasteiger partial charge in [-0.3, -0.25) is 0 Å². The Hall–Kier alpha value is 0.537. The van der Waals surface area contributed by atoms with Crippen LogP contribution in [0.5, 0.6) is 0 Å². The van der Waals surface area contributed by atoms with Crippen LogP contribution in [0.1, 0.15) is 41.0 Å². The van der Waals surface area contributed by atoms with Gasteiger partial charge in [0.05, 0.1) is 0 Å². The molecule has 0 radical (unpaired) electrons. The predicted molar refractivity (Wildman–Crippen MR) is 73.0 cm³/mol. The molecule has 0 amide bonds. The van der Waals surface area contributed by atoms with Crippen LogP contribution in [-0.4, -0.2) is 6.69 Å². The van der Waals surface area contributed by atoms with Gasteiger partial charge in [-0.15, -0.1) is 22.2 Å². The minimum Gasteiger partial charge on any atom is -0.145 e. The Labute approximate surface area is 104 Å². The number of hydrogen-bond acceptors (Lipinski definition) is 0. The summed E-state index contributed by atoms with van der Waals surface area (Å²) in [6, 6.07) is 0.971. The maximum absolute atomic E-state index is 6.47. The van der Waals surface area contributed by atoms with E-state index in [-0.39, 0.29) is 5.41 Å². The monoisotopic (exact) mass is 264 g/mol. The third-order valence-corrected chi connectivity index (χ3v) is 9.12. The molecular weight excluding hydrogens is 243 g/mol. The lowest BCUT2D eigenvalue weighted by Crippen LogP contribution is -2.54. The molecule has 2 atom stereocenters. The van der Waals surface area contributed by atoms with Crippen LogP contribution in [-0.2, 0) is 0 Å². The van der Waals surface area contributed by atoms with Crippen molar-refractivity contribution in [2.24, 2.45) is 10.8 Å². The van der Waals surface area contributed by atoms with Gasteiger partial charge in [0, 0.05) is 0 Å². The number of rotatable bonds is 2. The van der Waals surface area contributed by atoms with Crippen molar-refractivity contribution in [3.8, 4) is 0 Å². The Morgan fingerprint density at radius 3 is 2.20 bits per heavy atom. The molecule has 1 heterocycles. The SMILES string of the molecule is C=C(C)[C@@]1(C)C[Si](Cl)(Cl)[C@@H]1CC(C)(C)C. The molecule has 0 aromatic rings. The fourth-order valence-electron chi connectivity index (χ4n) is 2.51. The van der Waals surface area contributed by atoms with Gasteiger partial charge in [0.15, 0.2) is 0 Å². The lowest BCUT2D eigenvalue weighted by atomic mass is 9.74. The van der Waals surface area contributed by atoms with Crippen LogP contribution < -0.4 is 0 Å². The van der Waals surface area contributed by atoms with Crippen molar-refractivity contribution in [1.29, 1.82) is 0 Å². The molecule has 15 heavy (non-hydrogen) atoms. The molecule has 88 valence electrons. The first kappa shape index (κ1) is 13.6. The smallest absolute Gasteiger partial charge is 0.145 e. The second-order valence-corrected chi connectivity index (χ2v) is 13.7. The van der Waals surface area contributed by atoms with E-state index in [1.54, 1.807) is 0 Å². The van der Waals surface area contributed by atoms with Crippen LogP contribution in [0, 0.1) is 10.8 Å². The molecule has 0 aromatic heterocycles. The molecule has 0 bridgehead atoms. The Kier molecular flexibility index (Phi) is 3.43. The zero-order chi connectivity index (χ0) is 12.1. The highest BCUT2D eigenvalue weighted by atomic mass is 35.7. The van der Waals surface area contributed by atoms with Crippen LogP contribution >= 0.6 is 22.2 Å². The molecule has 0 saturated carbocycles. The van der Waals surface area contributed by atoms with Gasteiger partial charge in [-0.25, -0.2) is 0 Å². The van der Waals surface area contributed by atoms with E-state index in [0.717, 1.165) is 12.5 Å². The van der Waals surface area contributed by atoms with Crippen LogP contribution in [0.2, 0.25) is 11.6 Å². The lowest BCUT2D eigenvalue weighted by molar-refractivity contribution is 0.255. The molecule has 0 nitrogen and oxygen atoms in total. The van der Waals surface area contributed by atoms with Gasteiger partial charge in [-0.1, -0.05) is 39.8 Å². The van der Waals surface area contributed by atoms with Gasteiger partial charge in [-0.2, -0.15) is 0 Å². The third-order valence-electron chi connectivity index (χ3n) is 3.67. The van der Waals surface area contributed by atoms with Crippen molar-refractivity contribution in [1.82, 2.24) is 0 Å². The van der Waals surface area contributed by atoms with Crippen molar-refractivity contribution >= 4 is 28.9 Å². The maximum Gasteiger partial charge on any atom is 0.256 e. The summed E-state index contributed by atoms with van der Waals surface area (Å²) in [5.74, 6) is 0. The maximum atomic E-state index is 6.47. The first-order chi connectivity index (χ1) is 6.49. The van der Waals surface area contributed by atoms with Gasteiger partial charge in [0.2, 0.25) is 0 Å². The molecule has 0 unspecified atom stereocenters. The second kappa shape index (κ2) is 3.78. The predicted octanol–water partition coefficient (Wildman–Crippen LogP) is 5.31. The van der Waals surface area contributed by atoms with E-state index in [1.807, 2.05) is 0 Å². The molecule has 0 aliphatic carbocycles. The number of halogens is 2. The molecule has 3 heteroatoms. The highest BCUT2D eigenvalue weighted by Crippen LogP contribution is 2.67. The highest BCUT2D eigenvalue weighted by molar-refractivity contribution is 7.47. The Bertz CT molecular complexity index is 278. The van der Waals surface area contributed by atoms with E-state index >= 15 is 0 Å². The first-order valence-electron chi connectivity index (χ1n) is 5.53. The topological polar surface area (TPSA) is 0 Å². The summed E-state index contributed by atoms with van der Waals surface area (Å²) in [4.78, 5) is 0. The molecule has 1 saturated heterocycles. The van der Waals surface area contributed by atoms with E-state index in [2.05, 4.69) is 41.2 Å². The fraction of sp³-hybridized carbons (Fsp3) is 0.833. The van der Waals surface area contributed by atoms with Crippen molar-refractivity contribution in [2.45, 2.75) is 52.6 Å². The van der Waals surface area contributed by atoms with Crippen LogP contribution in [0.4, 0.5) is 0 Å². The van der Waals surface area contributed by atoms with Gasteiger partial charge < -0.3 is 0 Å². The summed E-state index contributed by atoms with van der Waals surface area (Å²) >= 11 is 12.9. The first-order valence-corrected chi connectivity index (χ1v) is 9.84. The van der Waals surface area contributed by atoms with Gasteiger partial charge in [-0.05, 0) is 35.8 Å². The second-order valence-electron chi connectivity index (χ2n) is 6.45. The molecule has 1 aliphatic heterocycles. The van der Waals surface area contributed by atoms with Gasteiger partial charge in [0.25, 0.3) is 6.69 Å².